The third kappa shape index (κ3) is 2.11. The molecule has 0 spiro atoms. The zero-order chi connectivity index (χ0) is 12.4. The number of anilines is 1. The molecule has 0 unspecified atom stereocenters. The summed E-state index contributed by atoms with van der Waals surface area (Å²) >= 11 is 1.68. The first kappa shape index (κ1) is 12.0. The Kier molecular flexibility index (Phi) is 3.49. The lowest BCUT2D eigenvalue weighted by Gasteiger charge is -2.20. The van der Waals surface area contributed by atoms with Crippen LogP contribution in [0.2, 0.25) is 0 Å². The highest BCUT2D eigenvalue weighted by atomic mass is 32.1. The zero-order valence-corrected chi connectivity index (χ0v) is 11.4. The van der Waals surface area contributed by atoms with Gasteiger partial charge in [0.2, 0.25) is 0 Å². The van der Waals surface area contributed by atoms with Crippen molar-refractivity contribution in [3.63, 3.8) is 0 Å². The summed E-state index contributed by atoms with van der Waals surface area (Å²) < 4.78 is 7.70. The highest BCUT2D eigenvalue weighted by Crippen LogP contribution is 2.25. The fourth-order valence-electron chi connectivity index (χ4n) is 2.36. The number of nitrogens with zero attached hydrogens (tertiary/aromatic N) is 3. The van der Waals surface area contributed by atoms with Crippen LogP contribution >= 0.6 is 11.3 Å². The van der Waals surface area contributed by atoms with Crippen molar-refractivity contribution in [2.24, 2.45) is 0 Å². The van der Waals surface area contributed by atoms with E-state index in [1.54, 1.807) is 11.3 Å². The van der Waals surface area contributed by atoms with Crippen LogP contribution in [-0.2, 0) is 11.3 Å². The van der Waals surface area contributed by atoms with E-state index in [4.69, 9.17) is 9.72 Å². The number of hydrogen-bond acceptors (Lipinski definition) is 5. The van der Waals surface area contributed by atoms with E-state index >= 15 is 0 Å². The summed E-state index contributed by atoms with van der Waals surface area (Å²) in [4.78, 5) is 8.18. The van der Waals surface area contributed by atoms with Crippen LogP contribution in [0.3, 0.4) is 0 Å². The SMILES string of the molecule is CNCc1c(N2CCCOCC2)nc2sccn12. The Morgan fingerprint density at radius 2 is 2.39 bits per heavy atom. The standard InChI is InChI=1S/C12H18N4OS/c1-13-9-10-11(14-12-16(10)5-8-18-12)15-3-2-6-17-7-4-15/h5,8,13H,2-4,6-7,9H2,1H3. The minimum Gasteiger partial charge on any atom is -0.380 e. The lowest BCUT2D eigenvalue weighted by atomic mass is 10.3. The fraction of sp³-hybridized carbons (Fsp3) is 0.583. The molecule has 3 heterocycles. The maximum atomic E-state index is 5.51. The molecule has 0 saturated carbocycles. The maximum absolute atomic E-state index is 5.51. The molecular weight excluding hydrogens is 248 g/mol. The van der Waals surface area contributed by atoms with E-state index < -0.39 is 0 Å². The van der Waals surface area contributed by atoms with Gasteiger partial charge in [0.25, 0.3) is 0 Å². The van der Waals surface area contributed by atoms with E-state index in [0.717, 1.165) is 50.0 Å². The molecule has 1 N–H and O–H groups in total. The maximum Gasteiger partial charge on any atom is 0.195 e. The van der Waals surface area contributed by atoms with E-state index in [1.807, 2.05) is 7.05 Å². The summed E-state index contributed by atoms with van der Waals surface area (Å²) in [6.45, 7) is 4.46. The molecule has 18 heavy (non-hydrogen) atoms. The van der Waals surface area contributed by atoms with Crippen molar-refractivity contribution in [3.8, 4) is 0 Å². The van der Waals surface area contributed by atoms with Crippen molar-refractivity contribution < 1.29 is 4.74 Å². The van der Waals surface area contributed by atoms with E-state index in [2.05, 4.69) is 26.2 Å². The van der Waals surface area contributed by atoms with Crippen molar-refractivity contribution in [1.29, 1.82) is 0 Å². The van der Waals surface area contributed by atoms with Crippen LogP contribution in [0, 0.1) is 0 Å². The second kappa shape index (κ2) is 5.26. The van der Waals surface area contributed by atoms with Gasteiger partial charge >= 0.3 is 0 Å². The number of rotatable bonds is 3. The summed E-state index contributed by atoms with van der Waals surface area (Å²) in [7, 11) is 1.97. The minimum absolute atomic E-state index is 0.796. The Morgan fingerprint density at radius 3 is 3.28 bits per heavy atom. The van der Waals surface area contributed by atoms with Crippen LogP contribution in [0.15, 0.2) is 11.6 Å². The van der Waals surface area contributed by atoms with E-state index in [9.17, 15) is 0 Å². The summed E-state index contributed by atoms with van der Waals surface area (Å²) in [5, 5.41) is 5.31. The van der Waals surface area contributed by atoms with Crippen LogP contribution in [0.1, 0.15) is 12.1 Å². The molecule has 5 nitrogen and oxygen atoms in total. The Balaban J connectivity index is 1.97. The normalized spacial score (nSPS) is 17.3. The zero-order valence-electron chi connectivity index (χ0n) is 10.6. The Hall–Kier alpha value is -1.11. The summed E-state index contributed by atoms with van der Waals surface area (Å²) in [5.41, 5.74) is 1.25. The predicted octanol–water partition coefficient (Wildman–Crippen LogP) is 1.34. The Morgan fingerprint density at radius 1 is 1.44 bits per heavy atom. The molecule has 0 atom stereocenters. The quantitative estimate of drug-likeness (QED) is 0.910. The molecule has 0 amide bonds. The van der Waals surface area contributed by atoms with Gasteiger partial charge in [-0.15, -0.1) is 11.3 Å². The minimum atomic E-state index is 0.796. The van der Waals surface area contributed by atoms with Crippen LogP contribution in [0.25, 0.3) is 4.96 Å². The van der Waals surface area contributed by atoms with Gasteiger partial charge in [-0.05, 0) is 13.5 Å². The van der Waals surface area contributed by atoms with E-state index in [0.29, 0.717) is 0 Å². The van der Waals surface area contributed by atoms with Crippen molar-refractivity contribution >= 4 is 22.1 Å². The van der Waals surface area contributed by atoms with Crippen molar-refractivity contribution in [2.45, 2.75) is 13.0 Å². The van der Waals surface area contributed by atoms with Gasteiger partial charge < -0.3 is 15.0 Å². The number of fused-ring (bicyclic) bond motifs is 1. The first-order valence-electron chi connectivity index (χ1n) is 6.32. The summed E-state index contributed by atoms with van der Waals surface area (Å²) in [6, 6.07) is 0. The van der Waals surface area contributed by atoms with Crippen molar-refractivity contribution in [3.05, 3.63) is 17.3 Å². The number of aromatic nitrogens is 2. The first-order valence-corrected chi connectivity index (χ1v) is 7.20. The molecule has 2 aromatic rings. The molecule has 0 radical (unpaired) electrons. The lowest BCUT2D eigenvalue weighted by molar-refractivity contribution is 0.152. The van der Waals surface area contributed by atoms with Crippen molar-refractivity contribution in [1.82, 2.24) is 14.7 Å². The molecule has 6 heteroatoms. The number of ether oxygens (including phenoxy) is 1. The second-order valence-electron chi connectivity index (χ2n) is 4.42. The third-order valence-corrected chi connectivity index (χ3v) is 3.96. The molecule has 1 fully saturated rings. The van der Waals surface area contributed by atoms with Crippen molar-refractivity contribution in [2.75, 3.05) is 38.3 Å². The summed E-state index contributed by atoms with van der Waals surface area (Å²) in [5.74, 6) is 1.11. The topological polar surface area (TPSA) is 41.8 Å². The highest BCUT2D eigenvalue weighted by molar-refractivity contribution is 7.15. The predicted molar refractivity (Wildman–Crippen MR) is 73.5 cm³/mol. The molecule has 1 saturated heterocycles. The molecule has 1 aliphatic rings. The molecule has 98 valence electrons. The van der Waals surface area contributed by atoms with Gasteiger partial charge in [0, 0.05) is 37.8 Å². The molecule has 0 aliphatic carbocycles. The van der Waals surface area contributed by atoms with Gasteiger partial charge in [0.05, 0.1) is 12.3 Å². The monoisotopic (exact) mass is 266 g/mol. The molecule has 3 rings (SSSR count). The van der Waals surface area contributed by atoms with Crippen LogP contribution < -0.4 is 10.2 Å². The Bertz CT molecular complexity index is 513. The molecule has 2 aromatic heterocycles. The lowest BCUT2D eigenvalue weighted by Crippen LogP contribution is -2.28. The van der Waals surface area contributed by atoms with Gasteiger partial charge in [-0.2, -0.15) is 0 Å². The fourth-order valence-corrected chi connectivity index (χ4v) is 3.09. The molecule has 1 aliphatic heterocycles. The number of nitrogens with one attached hydrogen (secondary N) is 1. The molecular formula is C12H18N4OS. The van der Waals surface area contributed by atoms with Gasteiger partial charge in [-0.25, -0.2) is 4.98 Å². The first-order chi connectivity index (χ1) is 8.90. The van der Waals surface area contributed by atoms with E-state index in [-0.39, 0.29) is 0 Å². The number of thiazole rings is 1. The Labute approximate surface area is 110 Å². The second-order valence-corrected chi connectivity index (χ2v) is 5.29. The average molecular weight is 266 g/mol. The smallest absolute Gasteiger partial charge is 0.195 e. The van der Waals surface area contributed by atoms with Crippen LogP contribution in [-0.4, -0.2) is 42.7 Å². The van der Waals surface area contributed by atoms with Gasteiger partial charge in [-0.1, -0.05) is 0 Å². The van der Waals surface area contributed by atoms with Gasteiger partial charge in [0.1, 0.15) is 0 Å². The largest absolute Gasteiger partial charge is 0.380 e. The van der Waals surface area contributed by atoms with E-state index in [1.165, 1.54) is 5.69 Å². The summed E-state index contributed by atoms with van der Waals surface area (Å²) in [6.07, 6.45) is 3.17. The highest BCUT2D eigenvalue weighted by Gasteiger charge is 2.19. The molecule has 0 bridgehead atoms. The van der Waals surface area contributed by atoms with Crippen LogP contribution in [0.5, 0.6) is 0 Å². The average Bonchev–Trinajstić information content (AvgIpc) is 2.83. The third-order valence-electron chi connectivity index (χ3n) is 3.21. The number of imidazole rings is 1. The van der Waals surface area contributed by atoms with Gasteiger partial charge in [0.15, 0.2) is 10.8 Å². The number of hydrogen-bond donors (Lipinski definition) is 1. The van der Waals surface area contributed by atoms with Crippen LogP contribution in [0.4, 0.5) is 5.82 Å². The molecule has 0 aromatic carbocycles. The van der Waals surface area contributed by atoms with Gasteiger partial charge in [-0.3, -0.25) is 4.40 Å².